The average Bonchev–Trinajstić information content (AvgIpc) is 2.34. The van der Waals surface area contributed by atoms with Gasteiger partial charge in [-0.2, -0.15) is 0 Å². The van der Waals surface area contributed by atoms with Crippen LogP contribution in [0, 0.1) is 0 Å². The molecule has 0 saturated carbocycles. The van der Waals surface area contributed by atoms with Gasteiger partial charge < -0.3 is 10.2 Å². The number of halogens is 1. The fourth-order valence-corrected chi connectivity index (χ4v) is 2.54. The van der Waals surface area contributed by atoms with Crippen molar-refractivity contribution < 1.29 is 15.0 Å². The molecular formula is C12H15BrO3S. The Kier molecular flexibility index (Phi) is 6.19. The lowest BCUT2D eigenvalue weighted by Gasteiger charge is -2.19. The zero-order valence-corrected chi connectivity index (χ0v) is 11.9. The van der Waals surface area contributed by atoms with Crippen LogP contribution >= 0.6 is 27.7 Å². The molecule has 0 aliphatic rings. The van der Waals surface area contributed by atoms with Crippen molar-refractivity contribution in [2.24, 2.45) is 0 Å². The van der Waals surface area contributed by atoms with Crippen LogP contribution in [0.4, 0.5) is 0 Å². The lowest BCUT2D eigenvalue weighted by atomic mass is 10.0. The van der Waals surface area contributed by atoms with E-state index in [0.717, 1.165) is 17.3 Å². The first kappa shape index (κ1) is 14.7. The fourth-order valence-electron chi connectivity index (χ4n) is 1.45. The minimum atomic E-state index is -0.962. The molecule has 2 atom stereocenters. The molecule has 0 aliphatic carbocycles. The van der Waals surface area contributed by atoms with Crippen molar-refractivity contribution in [3.8, 4) is 0 Å². The van der Waals surface area contributed by atoms with Gasteiger partial charge in [0.2, 0.25) is 0 Å². The van der Waals surface area contributed by atoms with E-state index < -0.39 is 12.2 Å². The van der Waals surface area contributed by atoms with E-state index in [0.29, 0.717) is 10.9 Å². The number of thioether (sulfide) groups is 1. The maximum atomic E-state index is 10.8. The molecule has 0 spiro atoms. The summed E-state index contributed by atoms with van der Waals surface area (Å²) in [5.41, 5.74) is 1.63. The first-order valence-corrected chi connectivity index (χ1v) is 7.30. The Balaban J connectivity index is 2.73. The van der Waals surface area contributed by atoms with Gasteiger partial charge in [-0.15, -0.1) is 0 Å². The Bertz CT molecular complexity index is 384. The number of hydrogen-bond acceptors (Lipinski definition) is 4. The monoisotopic (exact) mass is 318 g/mol. The highest BCUT2D eigenvalue weighted by atomic mass is 79.9. The van der Waals surface area contributed by atoms with Crippen molar-refractivity contribution in [2.45, 2.75) is 24.5 Å². The molecule has 5 heteroatoms. The van der Waals surface area contributed by atoms with E-state index >= 15 is 0 Å². The molecule has 1 aromatic rings. The normalized spacial score (nSPS) is 14.4. The molecule has 3 nitrogen and oxygen atoms in total. The third kappa shape index (κ3) is 4.43. The van der Waals surface area contributed by atoms with Crippen LogP contribution in [-0.4, -0.2) is 27.2 Å². The Morgan fingerprint density at radius 3 is 2.65 bits per heavy atom. The molecule has 1 aromatic carbocycles. The van der Waals surface area contributed by atoms with Gasteiger partial charge in [-0.25, -0.2) is 0 Å². The molecule has 0 fully saturated rings. The van der Waals surface area contributed by atoms with E-state index in [2.05, 4.69) is 15.9 Å². The number of benzene rings is 1. The summed E-state index contributed by atoms with van der Waals surface area (Å²) in [5, 5.41) is 20.4. The quantitative estimate of drug-likeness (QED) is 0.818. The molecule has 2 N–H and O–H groups in total. The fraction of sp³-hybridized carbons (Fsp3) is 0.417. The zero-order chi connectivity index (χ0) is 12.8. The second kappa shape index (κ2) is 7.16. The molecule has 2 unspecified atom stereocenters. The summed E-state index contributed by atoms with van der Waals surface area (Å²) in [5.74, 6) is 0.202. The molecule has 0 amide bonds. The molecular weight excluding hydrogens is 304 g/mol. The van der Waals surface area contributed by atoms with E-state index in [1.54, 1.807) is 6.07 Å². The zero-order valence-electron chi connectivity index (χ0n) is 9.47. The summed E-state index contributed by atoms with van der Waals surface area (Å²) in [4.78, 5) is 10.8. The van der Waals surface area contributed by atoms with Gasteiger partial charge in [0.1, 0.15) is 6.10 Å². The molecule has 94 valence electrons. The van der Waals surface area contributed by atoms with Gasteiger partial charge >= 0.3 is 0 Å². The summed E-state index contributed by atoms with van der Waals surface area (Å²) in [6, 6.07) is 7.36. The van der Waals surface area contributed by atoms with Crippen molar-refractivity contribution in [1.82, 2.24) is 0 Å². The molecule has 0 saturated heterocycles. The molecule has 0 aromatic heterocycles. The summed E-state index contributed by atoms with van der Waals surface area (Å²) in [6.07, 6.45) is -1.90. The van der Waals surface area contributed by atoms with Crippen LogP contribution in [0.1, 0.15) is 24.2 Å². The highest BCUT2D eigenvalue weighted by Crippen LogP contribution is 2.24. The van der Waals surface area contributed by atoms with Crippen LogP contribution in [0.15, 0.2) is 24.3 Å². The number of aliphatic hydroxyl groups excluding tert-OH is 2. The lowest BCUT2D eigenvalue weighted by molar-refractivity contribution is -0.109. The molecule has 17 heavy (non-hydrogen) atoms. The van der Waals surface area contributed by atoms with E-state index in [9.17, 15) is 15.0 Å². The number of carbonyl (C=O) groups excluding carboxylic acids is 1. The Labute approximate surface area is 113 Å². The first-order chi connectivity index (χ1) is 8.06. The maximum Gasteiger partial charge on any atom is 0.185 e. The minimum Gasteiger partial charge on any atom is -0.389 e. The Hall–Kier alpha value is -0.360. The van der Waals surface area contributed by atoms with Crippen molar-refractivity contribution >= 4 is 32.8 Å². The van der Waals surface area contributed by atoms with Gasteiger partial charge in [-0.1, -0.05) is 52.0 Å². The smallest absolute Gasteiger partial charge is 0.185 e. The second-order valence-corrected chi connectivity index (χ2v) is 5.40. The van der Waals surface area contributed by atoms with Crippen LogP contribution in [-0.2, 0) is 10.1 Å². The third-order valence-corrected chi connectivity index (χ3v) is 3.86. The topological polar surface area (TPSA) is 57.5 Å². The summed E-state index contributed by atoms with van der Waals surface area (Å²) >= 11 is 4.35. The summed E-state index contributed by atoms with van der Waals surface area (Å²) in [7, 11) is 0. The van der Waals surface area contributed by atoms with Crippen LogP contribution in [0.5, 0.6) is 0 Å². The number of carbonyl (C=O) groups is 1. The van der Waals surface area contributed by atoms with Crippen LogP contribution in [0.2, 0.25) is 0 Å². The predicted molar refractivity (Wildman–Crippen MR) is 73.2 cm³/mol. The molecule has 0 heterocycles. The molecule has 1 rings (SSSR count). The SMILES string of the molecule is CC(=O)SCC(O)C(O)c1ccccc1CBr. The molecule has 0 aliphatic heterocycles. The second-order valence-electron chi connectivity index (χ2n) is 3.65. The average molecular weight is 319 g/mol. The van der Waals surface area contributed by atoms with Crippen molar-refractivity contribution in [2.75, 3.05) is 5.75 Å². The van der Waals surface area contributed by atoms with Gasteiger partial charge in [0.25, 0.3) is 0 Å². The number of aliphatic hydroxyl groups is 2. The first-order valence-electron chi connectivity index (χ1n) is 5.19. The highest BCUT2D eigenvalue weighted by Gasteiger charge is 2.21. The minimum absolute atomic E-state index is 0.0648. The van der Waals surface area contributed by atoms with E-state index in [-0.39, 0.29) is 10.9 Å². The van der Waals surface area contributed by atoms with Crippen LogP contribution in [0.3, 0.4) is 0 Å². The van der Waals surface area contributed by atoms with Crippen LogP contribution in [0.25, 0.3) is 0 Å². The van der Waals surface area contributed by atoms with Crippen molar-refractivity contribution in [1.29, 1.82) is 0 Å². The largest absolute Gasteiger partial charge is 0.389 e. The number of alkyl halides is 1. The van der Waals surface area contributed by atoms with Gasteiger partial charge in [0, 0.05) is 18.0 Å². The van der Waals surface area contributed by atoms with Crippen LogP contribution < -0.4 is 0 Å². The van der Waals surface area contributed by atoms with Gasteiger partial charge in [-0.3, -0.25) is 4.79 Å². The standard InChI is InChI=1S/C12H15BrO3S/c1-8(14)17-7-11(15)12(16)10-5-3-2-4-9(10)6-13/h2-5,11-12,15-16H,6-7H2,1H3. The van der Waals surface area contributed by atoms with Crippen molar-refractivity contribution in [3.63, 3.8) is 0 Å². The number of rotatable bonds is 5. The van der Waals surface area contributed by atoms with E-state index in [4.69, 9.17) is 0 Å². The maximum absolute atomic E-state index is 10.8. The Morgan fingerprint density at radius 2 is 2.06 bits per heavy atom. The number of hydrogen-bond donors (Lipinski definition) is 2. The van der Waals surface area contributed by atoms with E-state index in [1.807, 2.05) is 18.2 Å². The van der Waals surface area contributed by atoms with Gasteiger partial charge in [0.15, 0.2) is 5.12 Å². The van der Waals surface area contributed by atoms with Gasteiger partial charge in [0.05, 0.1) is 6.10 Å². The highest BCUT2D eigenvalue weighted by molar-refractivity contribution is 9.08. The molecule has 0 bridgehead atoms. The Morgan fingerprint density at radius 1 is 1.41 bits per heavy atom. The third-order valence-electron chi connectivity index (χ3n) is 2.34. The van der Waals surface area contributed by atoms with E-state index in [1.165, 1.54) is 6.92 Å². The molecule has 0 radical (unpaired) electrons. The summed E-state index contributed by atoms with van der Waals surface area (Å²) < 4.78 is 0. The van der Waals surface area contributed by atoms with Gasteiger partial charge in [-0.05, 0) is 11.1 Å². The lowest BCUT2D eigenvalue weighted by Crippen LogP contribution is -2.22. The van der Waals surface area contributed by atoms with Crippen molar-refractivity contribution in [3.05, 3.63) is 35.4 Å². The predicted octanol–water partition coefficient (Wildman–Crippen LogP) is 2.26. The summed E-state index contributed by atoms with van der Waals surface area (Å²) in [6.45, 7) is 1.44.